The maximum absolute atomic E-state index is 12.4. The van der Waals surface area contributed by atoms with Gasteiger partial charge in [-0.1, -0.05) is 0 Å². The number of carbonyl (C=O) groups is 6. The van der Waals surface area contributed by atoms with Gasteiger partial charge in [-0.05, 0) is 0 Å². The second kappa shape index (κ2) is 19.7. The van der Waals surface area contributed by atoms with E-state index in [4.69, 9.17) is 38.3 Å². The average molecular weight is 625 g/mol. The summed E-state index contributed by atoms with van der Waals surface area (Å²) in [7, 11) is 0. The van der Waals surface area contributed by atoms with Crippen LogP contribution in [-0.2, 0) is 61.9 Å². The normalized spacial score (nSPS) is 22.9. The van der Waals surface area contributed by atoms with E-state index in [1.165, 1.54) is 0 Å². The van der Waals surface area contributed by atoms with Crippen molar-refractivity contribution in [3.8, 4) is 0 Å². The predicted molar refractivity (Wildman–Crippen MR) is 139 cm³/mol. The summed E-state index contributed by atoms with van der Waals surface area (Å²) in [5, 5.41) is 32.3. The maximum atomic E-state index is 12.4. The molecule has 1 fully saturated rings. The van der Waals surface area contributed by atoms with Crippen molar-refractivity contribution in [2.24, 2.45) is 0 Å². The molecule has 5 N–H and O–H groups in total. The van der Waals surface area contributed by atoms with Gasteiger partial charge in [0.25, 0.3) is 0 Å². The zero-order valence-electron chi connectivity index (χ0n) is 24.3. The minimum Gasteiger partial charge on any atom is -0.481 e. The molecule has 0 aromatic carbocycles. The summed E-state index contributed by atoms with van der Waals surface area (Å²) in [5.41, 5.74) is 0. The Bertz CT molecular complexity index is 930. The lowest BCUT2D eigenvalue weighted by Gasteiger charge is -2.46. The standard InChI is InChI=1S/C25H40N2O16/c1-13(29)27-21-23(41-15(3)31)24(42-16(4)32)22(18(9-20(35)36)40-14(2)30)43-25(21)39-12-19(34)26-5-6-37-7-8-38-11-17(33)10-28/h17-18,21-25,28,33H,5-12H2,1-4H3,(H,26,34)(H,27,29)(H,35,36)/t17-,18?,21-,22-,23-,24+,25-/m1/s1. The number of carboxylic acids is 1. The smallest absolute Gasteiger partial charge is 0.307 e. The van der Waals surface area contributed by atoms with Crippen molar-refractivity contribution >= 4 is 35.7 Å². The van der Waals surface area contributed by atoms with Gasteiger partial charge in [-0.3, -0.25) is 28.8 Å². The number of aliphatic hydroxyl groups is 2. The fourth-order valence-corrected chi connectivity index (χ4v) is 3.92. The number of ether oxygens (including phenoxy) is 7. The summed E-state index contributed by atoms with van der Waals surface area (Å²) >= 11 is 0. The fourth-order valence-electron chi connectivity index (χ4n) is 3.92. The van der Waals surface area contributed by atoms with Crippen molar-refractivity contribution in [3.63, 3.8) is 0 Å². The number of aliphatic carboxylic acids is 1. The first kappa shape index (κ1) is 37.6. The topological polar surface area (TPSA) is 252 Å². The highest BCUT2D eigenvalue weighted by molar-refractivity contribution is 5.77. The van der Waals surface area contributed by atoms with Crippen molar-refractivity contribution in [3.05, 3.63) is 0 Å². The summed E-state index contributed by atoms with van der Waals surface area (Å²) in [4.78, 5) is 71.8. The van der Waals surface area contributed by atoms with Crippen molar-refractivity contribution in [1.29, 1.82) is 0 Å². The van der Waals surface area contributed by atoms with E-state index in [1.54, 1.807) is 0 Å². The Kier molecular flexibility index (Phi) is 17.2. The van der Waals surface area contributed by atoms with E-state index in [-0.39, 0.29) is 33.0 Å². The highest BCUT2D eigenvalue weighted by Gasteiger charge is 2.54. The van der Waals surface area contributed by atoms with Crippen LogP contribution in [0.25, 0.3) is 0 Å². The van der Waals surface area contributed by atoms with Crippen molar-refractivity contribution in [2.45, 2.75) is 77.0 Å². The quantitative estimate of drug-likeness (QED) is 0.0545. The number of nitrogens with one attached hydrogen (secondary N) is 2. The zero-order chi connectivity index (χ0) is 32.5. The van der Waals surface area contributed by atoms with Gasteiger partial charge in [0, 0.05) is 34.2 Å². The van der Waals surface area contributed by atoms with E-state index in [1.807, 2.05) is 0 Å². The summed E-state index contributed by atoms with van der Waals surface area (Å²) in [6, 6.07) is -1.36. The first-order chi connectivity index (χ1) is 20.2. The molecule has 18 heteroatoms. The number of esters is 3. The molecule has 0 bridgehead atoms. The van der Waals surface area contributed by atoms with Gasteiger partial charge in [-0.2, -0.15) is 0 Å². The van der Waals surface area contributed by atoms with Crippen LogP contribution in [0.5, 0.6) is 0 Å². The molecule has 1 saturated heterocycles. The monoisotopic (exact) mass is 624 g/mol. The molecule has 246 valence electrons. The summed E-state index contributed by atoms with van der Waals surface area (Å²) < 4.78 is 37.6. The third kappa shape index (κ3) is 15.0. The summed E-state index contributed by atoms with van der Waals surface area (Å²) in [5.74, 6) is -5.34. The zero-order valence-corrected chi connectivity index (χ0v) is 24.3. The van der Waals surface area contributed by atoms with Gasteiger partial charge in [0.2, 0.25) is 11.8 Å². The number of aliphatic hydroxyl groups excluding tert-OH is 2. The van der Waals surface area contributed by atoms with Crippen LogP contribution >= 0.6 is 0 Å². The molecule has 2 amide bonds. The van der Waals surface area contributed by atoms with Crippen LogP contribution in [0.1, 0.15) is 34.1 Å². The van der Waals surface area contributed by atoms with E-state index >= 15 is 0 Å². The van der Waals surface area contributed by atoms with Gasteiger partial charge in [0.15, 0.2) is 18.5 Å². The second-order valence-corrected chi connectivity index (χ2v) is 9.27. The van der Waals surface area contributed by atoms with Crippen molar-refractivity contribution < 1.29 is 77.2 Å². The lowest BCUT2D eigenvalue weighted by Crippen LogP contribution is -2.68. The van der Waals surface area contributed by atoms with Crippen LogP contribution in [-0.4, -0.2) is 140 Å². The van der Waals surface area contributed by atoms with Gasteiger partial charge < -0.3 is 59.1 Å². The summed E-state index contributed by atoms with van der Waals surface area (Å²) in [6.45, 7) is 3.51. The molecule has 0 aromatic rings. The largest absolute Gasteiger partial charge is 0.481 e. The Balaban J connectivity index is 3.03. The Morgan fingerprint density at radius 1 is 0.884 bits per heavy atom. The van der Waals surface area contributed by atoms with Crippen molar-refractivity contribution in [2.75, 3.05) is 46.2 Å². The molecular weight excluding hydrogens is 584 g/mol. The van der Waals surface area contributed by atoms with Gasteiger partial charge in [-0.25, -0.2) is 0 Å². The highest BCUT2D eigenvalue weighted by Crippen LogP contribution is 2.31. The number of carbonyl (C=O) groups excluding carboxylic acids is 5. The van der Waals surface area contributed by atoms with Crippen LogP contribution in [0.2, 0.25) is 0 Å². The van der Waals surface area contributed by atoms with E-state index in [0.29, 0.717) is 0 Å². The molecule has 0 radical (unpaired) electrons. The molecule has 1 aliphatic rings. The number of amides is 2. The van der Waals surface area contributed by atoms with Crippen LogP contribution < -0.4 is 10.6 Å². The number of hydrogen-bond acceptors (Lipinski definition) is 15. The molecule has 1 aliphatic heterocycles. The van der Waals surface area contributed by atoms with Crippen LogP contribution in [0.15, 0.2) is 0 Å². The van der Waals surface area contributed by atoms with Gasteiger partial charge >= 0.3 is 23.9 Å². The fraction of sp³-hybridized carbons (Fsp3) is 0.760. The van der Waals surface area contributed by atoms with E-state index < -0.39 is 98.2 Å². The molecule has 0 saturated carbocycles. The Hall–Kier alpha value is -3.42. The minimum atomic E-state index is -1.58. The Morgan fingerprint density at radius 3 is 2.07 bits per heavy atom. The van der Waals surface area contributed by atoms with Gasteiger partial charge in [0.1, 0.15) is 31.0 Å². The second-order valence-electron chi connectivity index (χ2n) is 9.27. The predicted octanol–water partition coefficient (Wildman–Crippen LogP) is -2.99. The maximum Gasteiger partial charge on any atom is 0.307 e. The molecule has 0 spiro atoms. The lowest BCUT2D eigenvalue weighted by atomic mass is 9.91. The van der Waals surface area contributed by atoms with Crippen LogP contribution in [0.4, 0.5) is 0 Å². The molecule has 0 aromatic heterocycles. The Labute approximate surface area is 247 Å². The van der Waals surface area contributed by atoms with E-state index in [9.17, 15) is 39.0 Å². The molecule has 0 aliphatic carbocycles. The molecular formula is C25H40N2O16. The van der Waals surface area contributed by atoms with Gasteiger partial charge in [0.05, 0.1) is 39.5 Å². The van der Waals surface area contributed by atoms with Gasteiger partial charge in [-0.15, -0.1) is 0 Å². The third-order valence-electron chi connectivity index (χ3n) is 5.46. The number of carboxylic acid groups (broad SMARTS) is 1. The number of rotatable bonds is 19. The van der Waals surface area contributed by atoms with Crippen LogP contribution in [0.3, 0.4) is 0 Å². The first-order valence-electron chi connectivity index (χ1n) is 13.2. The third-order valence-corrected chi connectivity index (χ3v) is 5.46. The van der Waals surface area contributed by atoms with E-state index in [0.717, 1.165) is 27.7 Å². The average Bonchev–Trinajstić information content (AvgIpc) is 2.89. The minimum absolute atomic E-state index is 0.0580. The van der Waals surface area contributed by atoms with Crippen LogP contribution in [0, 0.1) is 0 Å². The molecule has 7 atom stereocenters. The molecule has 1 rings (SSSR count). The first-order valence-corrected chi connectivity index (χ1v) is 13.2. The highest BCUT2D eigenvalue weighted by atomic mass is 16.7. The molecule has 18 nitrogen and oxygen atoms in total. The molecule has 1 unspecified atom stereocenters. The lowest BCUT2D eigenvalue weighted by molar-refractivity contribution is -0.286. The molecule has 43 heavy (non-hydrogen) atoms. The Morgan fingerprint density at radius 2 is 1.51 bits per heavy atom. The van der Waals surface area contributed by atoms with E-state index in [2.05, 4.69) is 10.6 Å². The SMILES string of the molecule is CC(=O)N[C@H]1[C@H](OCC(=O)NCCOCCOC[C@H](O)CO)O[C@H](C(CC(=O)O)OC(C)=O)[C@H](OC(C)=O)[C@@H]1OC(C)=O. The number of hydrogen-bond donors (Lipinski definition) is 5. The molecule has 1 heterocycles. The van der Waals surface area contributed by atoms with Crippen molar-refractivity contribution in [1.82, 2.24) is 10.6 Å². The summed E-state index contributed by atoms with van der Waals surface area (Å²) in [6.07, 6.45) is -9.59.